The zero-order chi connectivity index (χ0) is 19.2. The zero-order valence-corrected chi connectivity index (χ0v) is 17.3. The number of rotatable bonds is 6. The highest BCUT2D eigenvalue weighted by molar-refractivity contribution is 6.30. The molecule has 2 heterocycles. The fourth-order valence-corrected chi connectivity index (χ4v) is 4.53. The second-order valence-corrected chi connectivity index (χ2v) is 8.30. The monoisotopic (exact) mass is 398 g/mol. The highest BCUT2D eigenvalue weighted by Gasteiger charge is 2.27. The van der Waals surface area contributed by atoms with Crippen LogP contribution in [0.1, 0.15) is 11.1 Å². The Hall–Kier alpha value is -1.43. The molecule has 2 aliphatic heterocycles. The van der Waals surface area contributed by atoms with Crippen molar-refractivity contribution in [1.29, 1.82) is 0 Å². The molecule has 0 saturated carbocycles. The average Bonchev–Trinajstić information content (AvgIpc) is 2.76. The van der Waals surface area contributed by atoms with Gasteiger partial charge in [0.2, 0.25) is 0 Å². The molecule has 1 atom stereocenters. The minimum atomic E-state index is 0.522. The summed E-state index contributed by atoms with van der Waals surface area (Å²) in [6.45, 7) is 9.01. The van der Waals surface area contributed by atoms with E-state index >= 15 is 0 Å². The lowest BCUT2D eigenvalue weighted by Crippen LogP contribution is -2.59. The van der Waals surface area contributed by atoms with Gasteiger partial charge in [0.25, 0.3) is 0 Å². The summed E-state index contributed by atoms with van der Waals surface area (Å²) < 4.78 is 0. The zero-order valence-electron chi connectivity index (χ0n) is 16.6. The summed E-state index contributed by atoms with van der Waals surface area (Å²) in [7, 11) is 0. The summed E-state index contributed by atoms with van der Waals surface area (Å²) in [6.07, 6.45) is 2.16. The molecule has 0 radical (unpaired) electrons. The number of nitrogens with one attached hydrogen (secondary N) is 1. The second kappa shape index (κ2) is 9.86. The maximum Gasteiger partial charge on any atom is 0.0406 e. The van der Waals surface area contributed by atoms with Crippen LogP contribution in [-0.2, 0) is 12.8 Å². The molecule has 0 aliphatic carbocycles. The third-order valence-corrected chi connectivity index (χ3v) is 6.25. The Labute approximate surface area is 174 Å². The maximum absolute atomic E-state index is 6.09. The lowest BCUT2D eigenvalue weighted by Gasteiger charge is -2.45. The van der Waals surface area contributed by atoms with Gasteiger partial charge in [-0.2, -0.15) is 0 Å². The van der Waals surface area contributed by atoms with Gasteiger partial charge in [0, 0.05) is 63.4 Å². The van der Waals surface area contributed by atoms with Crippen molar-refractivity contribution in [3.63, 3.8) is 0 Å². The molecular weight excluding hydrogens is 368 g/mol. The molecule has 0 aromatic heterocycles. The van der Waals surface area contributed by atoms with Crippen LogP contribution in [-0.4, -0.2) is 73.3 Å². The first-order valence-corrected chi connectivity index (χ1v) is 10.9. The highest BCUT2D eigenvalue weighted by atomic mass is 35.5. The highest BCUT2D eigenvalue weighted by Crippen LogP contribution is 2.19. The predicted octanol–water partition coefficient (Wildman–Crippen LogP) is 2.93. The van der Waals surface area contributed by atoms with Crippen molar-refractivity contribution in [2.24, 2.45) is 0 Å². The van der Waals surface area contributed by atoms with Gasteiger partial charge in [-0.15, -0.1) is 0 Å². The first-order valence-electron chi connectivity index (χ1n) is 10.5. The summed E-state index contributed by atoms with van der Waals surface area (Å²) in [6, 6.07) is 19.8. The van der Waals surface area contributed by atoms with Crippen LogP contribution in [0.4, 0.5) is 0 Å². The van der Waals surface area contributed by atoms with E-state index in [-0.39, 0.29) is 0 Å². The predicted molar refractivity (Wildman–Crippen MR) is 117 cm³/mol. The number of hydrazine groups is 1. The molecule has 0 amide bonds. The number of halogens is 1. The minimum absolute atomic E-state index is 0.522. The van der Waals surface area contributed by atoms with Crippen LogP contribution >= 0.6 is 11.6 Å². The van der Waals surface area contributed by atoms with E-state index in [4.69, 9.17) is 11.6 Å². The van der Waals surface area contributed by atoms with Gasteiger partial charge >= 0.3 is 0 Å². The van der Waals surface area contributed by atoms with E-state index in [1.165, 1.54) is 11.1 Å². The molecule has 28 heavy (non-hydrogen) atoms. The molecule has 4 nitrogen and oxygen atoms in total. The Morgan fingerprint density at radius 1 is 0.714 bits per heavy atom. The Morgan fingerprint density at radius 2 is 1.29 bits per heavy atom. The van der Waals surface area contributed by atoms with Crippen molar-refractivity contribution in [3.05, 3.63) is 70.7 Å². The lowest BCUT2D eigenvalue weighted by molar-refractivity contribution is -0.0701. The molecule has 2 aliphatic rings. The van der Waals surface area contributed by atoms with Gasteiger partial charge in [0.1, 0.15) is 0 Å². The van der Waals surface area contributed by atoms with Crippen LogP contribution in [0.3, 0.4) is 0 Å². The van der Waals surface area contributed by atoms with Gasteiger partial charge in [0.15, 0.2) is 0 Å². The van der Waals surface area contributed by atoms with E-state index in [1.54, 1.807) is 0 Å². The Kier molecular flexibility index (Phi) is 7.00. The summed E-state index contributed by atoms with van der Waals surface area (Å²) in [4.78, 5) is 2.69. The summed E-state index contributed by atoms with van der Waals surface area (Å²) in [5, 5.41) is 9.37. The van der Waals surface area contributed by atoms with Gasteiger partial charge in [-0.1, -0.05) is 54.1 Å². The standard InChI is InChI=1S/C23H31ClN4/c24-22-8-6-21(7-9-22)19-23(18-20-4-2-1-3-5-20)26-14-16-28(17-15-26)27-12-10-25-11-13-27/h1-9,23,25H,10-19H2. The largest absolute Gasteiger partial charge is 0.314 e. The minimum Gasteiger partial charge on any atom is -0.314 e. The van der Waals surface area contributed by atoms with Gasteiger partial charge in [-0.3, -0.25) is 4.90 Å². The van der Waals surface area contributed by atoms with E-state index in [0.717, 1.165) is 70.2 Å². The first-order chi connectivity index (χ1) is 13.8. The fraction of sp³-hybridized carbons (Fsp3) is 0.478. The number of benzene rings is 2. The molecule has 1 unspecified atom stereocenters. The normalized spacial score (nSPS) is 20.9. The van der Waals surface area contributed by atoms with Crippen molar-refractivity contribution in [2.45, 2.75) is 18.9 Å². The molecule has 0 bridgehead atoms. The van der Waals surface area contributed by atoms with Crippen molar-refractivity contribution in [2.75, 3.05) is 52.4 Å². The molecular formula is C23H31ClN4. The fourth-order valence-electron chi connectivity index (χ4n) is 4.40. The van der Waals surface area contributed by atoms with Crippen molar-refractivity contribution >= 4 is 11.6 Å². The Balaban J connectivity index is 1.41. The Morgan fingerprint density at radius 3 is 1.93 bits per heavy atom. The van der Waals surface area contributed by atoms with Gasteiger partial charge in [-0.25, -0.2) is 10.0 Å². The molecule has 2 saturated heterocycles. The van der Waals surface area contributed by atoms with E-state index in [2.05, 4.69) is 62.7 Å². The van der Waals surface area contributed by atoms with Crippen LogP contribution in [0.2, 0.25) is 5.02 Å². The summed E-state index contributed by atoms with van der Waals surface area (Å²) in [5.74, 6) is 0. The smallest absolute Gasteiger partial charge is 0.0406 e. The summed E-state index contributed by atoms with van der Waals surface area (Å²) in [5.41, 5.74) is 2.79. The number of hydrogen-bond acceptors (Lipinski definition) is 4. The van der Waals surface area contributed by atoms with Crippen LogP contribution in [0.25, 0.3) is 0 Å². The van der Waals surface area contributed by atoms with E-state index in [9.17, 15) is 0 Å². The molecule has 150 valence electrons. The van der Waals surface area contributed by atoms with E-state index in [1.807, 2.05) is 12.1 Å². The van der Waals surface area contributed by atoms with Gasteiger partial charge in [0.05, 0.1) is 0 Å². The van der Waals surface area contributed by atoms with Crippen LogP contribution in [0.5, 0.6) is 0 Å². The number of piperazine rings is 2. The number of hydrogen-bond donors (Lipinski definition) is 1. The average molecular weight is 399 g/mol. The van der Waals surface area contributed by atoms with Crippen LogP contribution in [0, 0.1) is 0 Å². The molecule has 2 aromatic rings. The molecule has 0 spiro atoms. The Bertz CT molecular complexity index is 707. The topological polar surface area (TPSA) is 21.8 Å². The molecule has 2 fully saturated rings. The molecule has 1 N–H and O–H groups in total. The molecule has 2 aromatic carbocycles. The van der Waals surface area contributed by atoms with Gasteiger partial charge in [-0.05, 0) is 36.1 Å². The second-order valence-electron chi connectivity index (χ2n) is 7.87. The maximum atomic E-state index is 6.09. The van der Waals surface area contributed by atoms with Crippen LogP contribution in [0.15, 0.2) is 54.6 Å². The quantitative estimate of drug-likeness (QED) is 0.807. The van der Waals surface area contributed by atoms with E-state index < -0.39 is 0 Å². The lowest BCUT2D eigenvalue weighted by atomic mass is 9.97. The molecule has 5 heteroatoms. The number of nitrogens with zero attached hydrogens (tertiary/aromatic N) is 3. The summed E-state index contributed by atoms with van der Waals surface area (Å²) >= 11 is 6.09. The van der Waals surface area contributed by atoms with Crippen LogP contribution < -0.4 is 5.32 Å². The SMILES string of the molecule is Clc1ccc(CC(Cc2ccccc2)N2CCN(N3CCNCC3)CC2)cc1. The van der Waals surface area contributed by atoms with Crippen molar-refractivity contribution in [3.8, 4) is 0 Å². The van der Waals surface area contributed by atoms with E-state index in [0.29, 0.717) is 6.04 Å². The van der Waals surface area contributed by atoms with Gasteiger partial charge < -0.3 is 5.32 Å². The van der Waals surface area contributed by atoms with Crippen molar-refractivity contribution in [1.82, 2.24) is 20.2 Å². The third kappa shape index (κ3) is 5.34. The third-order valence-electron chi connectivity index (χ3n) is 6.00. The first kappa shape index (κ1) is 19.9. The molecule has 4 rings (SSSR count). The van der Waals surface area contributed by atoms with Crippen molar-refractivity contribution < 1.29 is 0 Å².